The van der Waals surface area contributed by atoms with Crippen molar-refractivity contribution in [2.24, 2.45) is 5.73 Å². The van der Waals surface area contributed by atoms with Gasteiger partial charge in [-0.2, -0.15) is 0 Å². The lowest BCUT2D eigenvalue weighted by Gasteiger charge is -2.17. The van der Waals surface area contributed by atoms with Gasteiger partial charge in [-0.05, 0) is 32.4 Å². The fraction of sp³-hybridized carbons (Fsp3) is 0.406. The zero-order valence-corrected chi connectivity index (χ0v) is 22.6. The first kappa shape index (κ1) is 33.1. The smallest absolute Gasteiger partial charge is 0.241 e. The minimum atomic E-state index is -0.436. The zero-order valence-electron chi connectivity index (χ0n) is 22.6. The topological polar surface area (TPSA) is 75.4 Å². The molecule has 1 rings (SSSR count). The molecule has 0 aliphatic heterocycles. The van der Waals surface area contributed by atoms with Gasteiger partial charge in [-0.3, -0.25) is 4.79 Å². The van der Waals surface area contributed by atoms with Crippen molar-refractivity contribution in [3.05, 3.63) is 109 Å². The number of hydrogen-bond acceptors (Lipinski definition) is 3. The van der Waals surface area contributed by atoms with Crippen molar-refractivity contribution >= 4 is 5.91 Å². The van der Waals surface area contributed by atoms with Crippen molar-refractivity contribution in [1.29, 1.82) is 0 Å². The maximum atomic E-state index is 10.4. The number of aliphatic hydroxyl groups is 1. The second-order valence-electron chi connectivity index (χ2n) is 8.57. The van der Waals surface area contributed by atoms with Crippen LogP contribution in [0.2, 0.25) is 0 Å². The summed E-state index contributed by atoms with van der Waals surface area (Å²) in [5.41, 5.74) is 5.92. The number of likely N-dealkylation sites (N-methyl/N-ethyl adjacent to an activating group) is 1. The molecule has 0 saturated heterocycles. The van der Waals surface area contributed by atoms with Crippen LogP contribution in [0.4, 0.5) is 0 Å². The molecule has 2 unspecified atom stereocenters. The number of amides is 1. The number of hydrogen-bond donors (Lipinski definition) is 3. The average Bonchev–Trinajstić information content (AvgIpc) is 2.89. The Labute approximate surface area is 220 Å². The van der Waals surface area contributed by atoms with Gasteiger partial charge in [-0.15, -0.1) is 0 Å². The van der Waals surface area contributed by atoms with Crippen molar-refractivity contribution < 1.29 is 9.90 Å². The molecule has 0 bridgehead atoms. The van der Waals surface area contributed by atoms with Gasteiger partial charge in [0.25, 0.3) is 0 Å². The van der Waals surface area contributed by atoms with E-state index in [1.807, 2.05) is 80.8 Å². The highest BCUT2D eigenvalue weighted by atomic mass is 16.3. The molecule has 0 fully saturated rings. The van der Waals surface area contributed by atoms with Gasteiger partial charge in [-0.25, -0.2) is 0 Å². The monoisotopic (exact) mass is 492 g/mol. The summed E-state index contributed by atoms with van der Waals surface area (Å²) in [5, 5.41) is 12.7. The van der Waals surface area contributed by atoms with Gasteiger partial charge in [0.15, 0.2) is 0 Å². The summed E-state index contributed by atoms with van der Waals surface area (Å²) in [6.07, 6.45) is 33.0. The number of carbonyl (C=O) groups is 1. The fourth-order valence-corrected chi connectivity index (χ4v) is 3.15. The van der Waals surface area contributed by atoms with Crippen LogP contribution in [-0.2, 0) is 4.79 Å². The molecular weight excluding hydrogens is 444 g/mol. The summed E-state index contributed by atoms with van der Waals surface area (Å²) in [6, 6.07) is 9.76. The molecule has 1 aromatic rings. The van der Waals surface area contributed by atoms with E-state index in [-0.39, 0.29) is 6.04 Å². The number of primary amides is 1. The van der Waals surface area contributed by atoms with Crippen LogP contribution in [0.25, 0.3) is 0 Å². The third-order valence-electron chi connectivity index (χ3n) is 5.44. The maximum absolute atomic E-state index is 10.4. The molecule has 36 heavy (non-hydrogen) atoms. The van der Waals surface area contributed by atoms with Crippen LogP contribution in [0.3, 0.4) is 0 Å². The van der Waals surface area contributed by atoms with Crippen molar-refractivity contribution in [2.75, 3.05) is 7.05 Å². The number of rotatable bonds is 17. The van der Waals surface area contributed by atoms with Gasteiger partial charge >= 0.3 is 0 Å². The van der Waals surface area contributed by atoms with Gasteiger partial charge in [0, 0.05) is 12.1 Å². The van der Waals surface area contributed by atoms with Crippen molar-refractivity contribution in [3.63, 3.8) is 0 Å². The quantitative estimate of drug-likeness (QED) is 0.121. The minimum absolute atomic E-state index is 0.0902. The molecule has 198 valence electrons. The Morgan fingerprint density at radius 1 is 0.833 bits per heavy atom. The molecule has 0 heterocycles. The standard InChI is InChI=1S/C22H33NO.C10H15NO/c1-2-3-4-5-6-7-8-9-10-11-12-13-14-15-16-17-18-19-20-21-22(23)24;1-8(11-2)10(12)9-6-4-3-5-7-9/h10-21H,2-9H2,1H3,(H2,23,24);3-8,10-12H,1-2H3. The second-order valence-corrected chi connectivity index (χ2v) is 8.57. The van der Waals surface area contributed by atoms with Crippen LogP contribution in [0.15, 0.2) is 103 Å². The lowest BCUT2D eigenvalue weighted by atomic mass is 10.0. The Morgan fingerprint density at radius 2 is 1.33 bits per heavy atom. The van der Waals surface area contributed by atoms with E-state index >= 15 is 0 Å². The van der Waals surface area contributed by atoms with Gasteiger partial charge < -0.3 is 16.2 Å². The summed E-state index contributed by atoms with van der Waals surface area (Å²) >= 11 is 0. The molecule has 0 radical (unpaired) electrons. The number of carbonyl (C=O) groups excluding carboxylic acids is 1. The average molecular weight is 493 g/mol. The minimum Gasteiger partial charge on any atom is -0.387 e. The van der Waals surface area contributed by atoms with E-state index in [4.69, 9.17) is 5.73 Å². The van der Waals surface area contributed by atoms with E-state index in [1.165, 1.54) is 57.4 Å². The Hall–Kier alpha value is -2.95. The third-order valence-corrected chi connectivity index (χ3v) is 5.44. The van der Waals surface area contributed by atoms with Crippen molar-refractivity contribution in [3.8, 4) is 0 Å². The third kappa shape index (κ3) is 21.6. The Bertz CT molecular complexity index is 820. The predicted molar refractivity (Wildman–Crippen MR) is 157 cm³/mol. The highest BCUT2D eigenvalue weighted by Gasteiger charge is 2.12. The Kier molecular flexibility index (Phi) is 23.1. The molecule has 0 spiro atoms. The highest BCUT2D eigenvalue weighted by Crippen LogP contribution is 2.15. The van der Waals surface area contributed by atoms with Crippen molar-refractivity contribution in [2.45, 2.75) is 77.4 Å². The van der Waals surface area contributed by atoms with Crippen LogP contribution < -0.4 is 11.1 Å². The molecule has 4 N–H and O–H groups in total. The maximum Gasteiger partial charge on any atom is 0.241 e. The van der Waals surface area contributed by atoms with E-state index in [0.717, 1.165) is 5.56 Å². The highest BCUT2D eigenvalue weighted by molar-refractivity contribution is 5.85. The zero-order chi connectivity index (χ0) is 26.7. The summed E-state index contributed by atoms with van der Waals surface area (Å²) in [7, 11) is 1.84. The molecule has 4 heteroatoms. The molecule has 0 saturated carbocycles. The summed E-state index contributed by atoms with van der Waals surface area (Å²) in [5.74, 6) is -0.436. The number of nitrogens with two attached hydrogens (primary N) is 1. The van der Waals surface area contributed by atoms with Crippen LogP contribution in [0, 0.1) is 0 Å². The van der Waals surface area contributed by atoms with Crippen LogP contribution in [0.1, 0.15) is 76.9 Å². The lowest BCUT2D eigenvalue weighted by Crippen LogP contribution is -2.28. The molecule has 0 aliphatic rings. The first-order valence-electron chi connectivity index (χ1n) is 13.2. The summed E-state index contributed by atoms with van der Waals surface area (Å²) < 4.78 is 0. The van der Waals surface area contributed by atoms with E-state index in [1.54, 1.807) is 12.2 Å². The van der Waals surface area contributed by atoms with Crippen LogP contribution >= 0.6 is 0 Å². The van der Waals surface area contributed by atoms with Crippen molar-refractivity contribution in [1.82, 2.24) is 5.32 Å². The molecule has 1 amide bonds. The molecule has 2 atom stereocenters. The van der Waals surface area contributed by atoms with Gasteiger partial charge in [-0.1, -0.05) is 143 Å². The first-order chi connectivity index (χ1) is 17.5. The second kappa shape index (κ2) is 25.2. The van der Waals surface area contributed by atoms with Crippen LogP contribution in [-0.4, -0.2) is 24.1 Å². The predicted octanol–water partition coefficient (Wildman–Crippen LogP) is 7.28. The normalized spacial score (nSPS) is 13.9. The SMILES string of the molecule is CCCCCCCCCC=CC=CC=CC=CC=CC=CC(N)=O.CNC(C)C(O)c1ccccc1. The number of allylic oxidation sites excluding steroid dienone is 11. The number of nitrogens with one attached hydrogen (secondary N) is 1. The number of aliphatic hydroxyl groups excluding tert-OH is 1. The van der Waals surface area contributed by atoms with Crippen LogP contribution in [0.5, 0.6) is 0 Å². The molecular formula is C32H48N2O2. The summed E-state index contributed by atoms with van der Waals surface area (Å²) in [4.78, 5) is 10.4. The van der Waals surface area contributed by atoms with Gasteiger partial charge in [0.1, 0.15) is 0 Å². The Morgan fingerprint density at radius 3 is 1.86 bits per heavy atom. The van der Waals surface area contributed by atoms with E-state index < -0.39 is 12.0 Å². The molecule has 0 aromatic heterocycles. The van der Waals surface area contributed by atoms with E-state index in [0.29, 0.717) is 0 Å². The largest absolute Gasteiger partial charge is 0.387 e. The Balaban J connectivity index is 0.000000846. The molecule has 0 aliphatic carbocycles. The van der Waals surface area contributed by atoms with E-state index in [9.17, 15) is 9.90 Å². The van der Waals surface area contributed by atoms with Gasteiger partial charge in [0.2, 0.25) is 5.91 Å². The van der Waals surface area contributed by atoms with E-state index in [2.05, 4.69) is 30.5 Å². The first-order valence-corrected chi connectivity index (χ1v) is 13.2. The molecule has 4 nitrogen and oxygen atoms in total. The van der Waals surface area contributed by atoms with Gasteiger partial charge in [0.05, 0.1) is 6.10 Å². The molecule has 1 aromatic carbocycles. The number of benzene rings is 1. The lowest BCUT2D eigenvalue weighted by molar-refractivity contribution is -0.113. The number of unbranched alkanes of at least 4 members (excludes halogenated alkanes) is 7. The fourth-order valence-electron chi connectivity index (χ4n) is 3.15. The summed E-state index contributed by atoms with van der Waals surface area (Å²) in [6.45, 7) is 4.21.